The number of carbonyl (C=O) groups excluding carboxylic acids is 1. The second-order valence-corrected chi connectivity index (χ2v) is 9.35. The molecule has 4 rings (SSSR count). The summed E-state index contributed by atoms with van der Waals surface area (Å²) >= 11 is 0. The van der Waals surface area contributed by atoms with Crippen molar-refractivity contribution in [3.8, 4) is 0 Å². The van der Waals surface area contributed by atoms with Crippen LogP contribution in [-0.2, 0) is 4.79 Å². The zero-order chi connectivity index (χ0) is 14.8. The zero-order valence-corrected chi connectivity index (χ0v) is 14.2. The lowest BCUT2D eigenvalue weighted by molar-refractivity contribution is -0.185. The molecule has 4 fully saturated rings. The molecule has 118 valence electrons. The standard InChI is InChI=1S/C20H32O/c1-13(21)17-12-18-15-8-7-14-6-4-5-10-19(14,2)16(15)9-11-20(17,18)3/h14-18H,4-12H2,1-3H3. The summed E-state index contributed by atoms with van der Waals surface area (Å²) < 4.78 is 0. The van der Waals surface area contributed by atoms with Gasteiger partial charge in [0.2, 0.25) is 0 Å². The molecule has 0 radical (unpaired) electrons. The van der Waals surface area contributed by atoms with Gasteiger partial charge in [-0.05, 0) is 86.4 Å². The molecule has 0 aromatic carbocycles. The Morgan fingerprint density at radius 3 is 2.48 bits per heavy atom. The maximum atomic E-state index is 11.9. The number of fused-ring (bicyclic) bond motifs is 5. The first-order valence-corrected chi connectivity index (χ1v) is 9.47. The van der Waals surface area contributed by atoms with Crippen molar-refractivity contribution in [1.29, 1.82) is 0 Å². The third-order valence-electron chi connectivity index (χ3n) is 8.80. The lowest BCUT2D eigenvalue weighted by atomic mass is 9.37. The average molecular weight is 288 g/mol. The van der Waals surface area contributed by atoms with Gasteiger partial charge in [0, 0.05) is 5.92 Å². The maximum absolute atomic E-state index is 11.9. The summed E-state index contributed by atoms with van der Waals surface area (Å²) in [5, 5.41) is 0. The number of Topliss-reactive ketones (excluding diaryl/α,β-unsaturated/α-hetero) is 1. The summed E-state index contributed by atoms with van der Waals surface area (Å²) in [6.07, 6.45) is 12.8. The summed E-state index contributed by atoms with van der Waals surface area (Å²) in [5.74, 6) is 4.65. The van der Waals surface area contributed by atoms with E-state index in [1.807, 2.05) is 6.92 Å². The SMILES string of the molecule is CC(=O)C1CC2C3CCC4CCCCC4(C)C3CCC12C. The van der Waals surface area contributed by atoms with Crippen molar-refractivity contribution in [2.75, 3.05) is 0 Å². The summed E-state index contributed by atoms with van der Waals surface area (Å²) in [6.45, 7) is 6.91. The molecule has 7 atom stereocenters. The van der Waals surface area contributed by atoms with Crippen LogP contribution in [0.3, 0.4) is 0 Å². The summed E-state index contributed by atoms with van der Waals surface area (Å²) in [5.41, 5.74) is 1.01. The number of hydrogen-bond acceptors (Lipinski definition) is 1. The third-order valence-corrected chi connectivity index (χ3v) is 8.80. The summed E-state index contributed by atoms with van der Waals surface area (Å²) in [7, 11) is 0. The smallest absolute Gasteiger partial charge is 0.133 e. The van der Waals surface area contributed by atoms with Crippen molar-refractivity contribution in [3.05, 3.63) is 0 Å². The van der Waals surface area contributed by atoms with Crippen LogP contribution in [0, 0.1) is 40.4 Å². The first kappa shape index (κ1) is 14.3. The lowest BCUT2D eigenvalue weighted by Gasteiger charge is -2.67. The Morgan fingerprint density at radius 2 is 1.71 bits per heavy atom. The molecule has 4 aliphatic rings. The molecule has 0 aromatic heterocycles. The molecule has 4 saturated carbocycles. The molecule has 0 saturated heterocycles. The predicted octanol–water partition coefficient (Wildman–Crippen LogP) is 5.23. The minimum Gasteiger partial charge on any atom is -0.300 e. The van der Waals surface area contributed by atoms with E-state index in [2.05, 4.69) is 13.8 Å². The fraction of sp³-hybridized carbons (Fsp3) is 0.950. The van der Waals surface area contributed by atoms with Crippen molar-refractivity contribution in [3.63, 3.8) is 0 Å². The summed E-state index contributed by atoms with van der Waals surface area (Å²) in [4.78, 5) is 11.9. The number of carbonyl (C=O) groups is 1. The van der Waals surface area contributed by atoms with Gasteiger partial charge in [0.15, 0.2) is 0 Å². The van der Waals surface area contributed by atoms with E-state index in [0.29, 0.717) is 22.5 Å². The highest BCUT2D eigenvalue weighted by Gasteiger charge is 2.63. The molecule has 0 aromatic rings. The van der Waals surface area contributed by atoms with Gasteiger partial charge in [-0.1, -0.05) is 26.7 Å². The van der Waals surface area contributed by atoms with E-state index >= 15 is 0 Å². The maximum Gasteiger partial charge on any atom is 0.133 e. The highest BCUT2D eigenvalue weighted by molar-refractivity contribution is 5.80. The van der Waals surface area contributed by atoms with Gasteiger partial charge in [0.25, 0.3) is 0 Å². The van der Waals surface area contributed by atoms with Gasteiger partial charge >= 0.3 is 0 Å². The number of rotatable bonds is 1. The van der Waals surface area contributed by atoms with Gasteiger partial charge in [-0.15, -0.1) is 0 Å². The van der Waals surface area contributed by atoms with Crippen LogP contribution < -0.4 is 0 Å². The minimum atomic E-state index is 0.366. The van der Waals surface area contributed by atoms with Crippen molar-refractivity contribution in [2.24, 2.45) is 40.4 Å². The Morgan fingerprint density at radius 1 is 0.905 bits per heavy atom. The predicted molar refractivity (Wildman–Crippen MR) is 85.9 cm³/mol. The average Bonchev–Trinajstić information content (AvgIpc) is 2.42. The molecule has 21 heavy (non-hydrogen) atoms. The molecule has 4 aliphatic carbocycles. The molecule has 0 amide bonds. The molecule has 0 N–H and O–H groups in total. The van der Waals surface area contributed by atoms with Crippen LogP contribution in [0.25, 0.3) is 0 Å². The molecule has 1 heteroatoms. The van der Waals surface area contributed by atoms with Crippen LogP contribution in [0.1, 0.15) is 78.6 Å². The monoisotopic (exact) mass is 288 g/mol. The van der Waals surface area contributed by atoms with Gasteiger partial charge in [0.1, 0.15) is 5.78 Å². The second kappa shape index (κ2) is 4.59. The highest BCUT2D eigenvalue weighted by Crippen LogP contribution is 2.69. The van der Waals surface area contributed by atoms with Gasteiger partial charge in [-0.3, -0.25) is 4.79 Å². The van der Waals surface area contributed by atoms with E-state index in [1.165, 1.54) is 57.8 Å². The Hall–Kier alpha value is -0.330. The topological polar surface area (TPSA) is 17.1 Å². The molecule has 0 aliphatic heterocycles. The molecule has 1 nitrogen and oxygen atoms in total. The van der Waals surface area contributed by atoms with E-state index in [4.69, 9.17) is 0 Å². The Balaban J connectivity index is 1.60. The first-order valence-electron chi connectivity index (χ1n) is 9.47. The van der Waals surface area contributed by atoms with E-state index < -0.39 is 0 Å². The highest BCUT2D eigenvalue weighted by atomic mass is 16.1. The Labute approximate surface area is 130 Å². The van der Waals surface area contributed by atoms with Crippen molar-refractivity contribution >= 4 is 5.78 Å². The molecule has 0 spiro atoms. The van der Waals surface area contributed by atoms with Crippen LogP contribution in [-0.4, -0.2) is 5.78 Å². The van der Waals surface area contributed by atoms with E-state index in [1.54, 1.807) is 0 Å². The molecule has 7 unspecified atom stereocenters. The molecular weight excluding hydrogens is 256 g/mol. The molecule has 0 bridgehead atoms. The van der Waals surface area contributed by atoms with Crippen molar-refractivity contribution in [2.45, 2.75) is 78.6 Å². The fourth-order valence-electron chi connectivity index (χ4n) is 7.51. The van der Waals surface area contributed by atoms with E-state index in [0.717, 1.165) is 23.7 Å². The summed E-state index contributed by atoms with van der Waals surface area (Å²) in [6, 6.07) is 0. The molecular formula is C20H32O. The van der Waals surface area contributed by atoms with Crippen LogP contribution >= 0.6 is 0 Å². The Bertz CT molecular complexity index is 455. The van der Waals surface area contributed by atoms with Gasteiger partial charge in [-0.25, -0.2) is 0 Å². The fourth-order valence-corrected chi connectivity index (χ4v) is 7.51. The van der Waals surface area contributed by atoms with Crippen LogP contribution in [0.5, 0.6) is 0 Å². The first-order chi connectivity index (χ1) is 9.97. The van der Waals surface area contributed by atoms with Gasteiger partial charge in [0.05, 0.1) is 0 Å². The number of hydrogen-bond donors (Lipinski definition) is 0. The van der Waals surface area contributed by atoms with E-state index in [9.17, 15) is 4.79 Å². The minimum absolute atomic E-state index is 0.366. The van der Waals surface area contributed by atoms with Crippen molar-refractivity contribution in [1.82, 2.24) is 0 Å². The van der Waals surface area contributed by atoms with Crippen molar-refractivity contribution < 1.29 is 4.79 Å². The van der Waals surface area contributed by atoms with Gasteiger partial charge < -0.3 is 0 Å². The van der Waals surface area contributed by atoms with Crippen LogP contribution in [0.4, 0.5) is 0 Å². The largest absolute Gasteiger partial charge is 0.300 e. The quantitative estimate of drug-likeness (QED) is 0.645. The molecule has 0 heterocycles. The second-order valence-electron chi connectivity index (χ2n) is 9.35. The van der Waals surface area contributed by atoms with E-state index in [-0.39, 0.29) is 0 Å². The Kier molecular flexibility index (Phi) is 3.12. The zero-order valence-electron chi connectivity index (χ0n) is 14.2. The number of ketones is 1. The normalized spacial score (nSPS) is 55.7. The third kappa shape index (κ3) is 1.78. The van der Waals surface area contributed by atoms with Crippen LogP contribution in [0.2, 0.25) is 0 Å². The lowest BCUT2D eigenvalue weighted by Crippen LogP contribution is -2.61. The van der Waals surface area contributed by atoms with Crippen LogP contribution in [0.15, 0.2) is 0 Å². The van der Waals surface area contributed by atoms with Gasteiger partial charge in [-0.2, -0.15) is 0 Å².